The zero-order valence-electron chi connectivity index (χ0n) is 15.7. The van der Waals surface area contributed by atoms with Crippen LogP contribution >= 0.6 is 0 Å². The second-order valence-electron chi connectivity index (χ2n) is 7.37. The average Bonchev–Trinajstić information content (AvgIpc) is 3.02. The number of phenols is 1. The Morgan fingerprint density at radius 1 is 1.23 bits per heavy atom. The zero-order valence-corrected chi connectivity index (χ0v) is 15.7. The molecule has 2 aliphatic rings. The minimum atomic E-state index is -0.0571. The normalized spacial score (nSPS) is 25.6. The van der Waals surface area contributed by atoms with E-state index in [-0.39, 0.29) is 23.2 Å². The molecular formula is C20H29NO5. The van der Waals surface area contributed by atoms with Crippen molar-refractivity contribution >= 4 is 5.91 Å². The van der Waals surface area contributed by atoms with Crippen LogP contribution in [-0.2, 0) is 9.47 Å². The number of amides is 1. The van der Waals surface area contributed by atoms with E-state index in [4.69, 9.17) is 14.2 Å². The third-order valence-electron chi connectivity index (χ3n) is 5.70. The van der Waals surface area contributed by atoms with Crippen LogP contribution in [0.15, 0.2) is 18.2 Å². The van der Waals surface area contributed by atoms with Crippen molar-refractivity contribution < 1.29 is 24.1 Å². The lowest BCUT2D eigenvalue weighted by molar-refractivity contribution is -0.0295. The molecule has 1 aliphatic heterocycles. The number of rotatable bonds is 6. The minimum Gasteiger partial charge on any atom is -0.508 e. The number of nitrogens with zero attached hydrogens (tertiary/aromatic N) is 1. The maximum atomic E-state index is 13.1. The maximum Gasteiger partial charge on any atom is 0.254 e. The number of aromatic hydroxyl groups is 1. The summed E-state index contributed by atoms with van der Waals surface area (Å²) in [5.41, 5.74) is 0.540. The van der Waals surface area contributed by atoms with Gasteiger partial charge in [-0.05, 0) is 37.8 Å². The summed E-state index contributed by atoms with van der Waals surface area (Å²) in [6.07, 6.45) is 5.67. The highest BCUT2D eigenvalue weighted by Crippen LogP contribution is 2.46. The van der Waals surface area contributed by atoms with Gasteiger partial charge in [0.25, 0.3) is 5.91 Å². The van der Waals surface area contributed by atoms with Gasteiger partial charge in [0.2, 0.25) is 0 Å². The SMILES string of the molecule is COCCOc1cc(O)cc(C(=O)N2CCC[C@]3(CCC[C@H]3OC)C2)c1. The first-order valence-corrected chi connectivity index (χ1v) is 9.36. The van der Waals surface area contributed by atoms with Crippen LogP contribution in [0.1, 0.15) is 42.5 Å². The molecule has 6 heteroatoms. The summed E-state index contributed by atoms with van der Waals surface area (Å²) >= 11 is 0. The quantitative estimate of drug-likeness (QED) is 0.787. The number of ether oxygens (including phenoxy) is 3. The van der Waals surface area contributed by atoms with Gasteiger partial charge in [-0.2, -0.15) is 0 Å². The molecular weight excluding hydrogens is 334 g/mol. The summed E-state index contributed by atoms with van der Waals surface area (Å²) in [5.74, 6) is 0.455. The highest BCUT2D eigenvalue weighted by molar-refractivity contribution is 5.95. The second-order valence-corrected chi connectivity index (χ2v) is 7.37. The lowest BCUT2D eigenvalue weighted by Crippen LogP contribution is -2.49. The Morgan fingerprint density at radius 3 is 2.81 bits per heavy atom. The zero-order chi connectivity index (χ0) is 18.6. The first kappa shape index (κ1) is 19.0. The van der Waals surface area contributed by atoms with E-state index in [2.05, 4.69) is 0 Å². The molecule has 1 saturated heterocycles. The van der Waals surface area contributed by atoms with E-state index in [1.165, 1.54) is 12.1 Å². The fraction of sp³-hybridized carbons (Fsp3) is 0.650. The number of piperidine rings is 1. The Morgan fingerprint density at radius 2 is 2.04 bits per heavy atom. The topological polar surface area (TPSA) is 68.2 Å². The number of benzene rings is 1. The molecule has 1 aliphatic carbocycles. The van der Waals surface area contributed by atoms with Gasteiger partial charge in [-0.3, -0.25) is 4.79 Å². The summed E-state index contributed by atoms with van der Waals surface area (Å²) in [6, 6.07) is 4.72. The van der Waals surface area contributed by atoms with E-state index in [1.54, 1.807) is 20.3 Å². The molecule has 1 saturated carbocycles. The fourth-order valence-corrected chi connectivity index (χ4v) is 4.49. The number of hydrogen-bond acceptors (Lipinski definition) is 5. The third kappa shape index (κ3) is 3.96. The van der Waals surface area contributed by atoms with Crippen LogP contribution in [0.2, 0.25) is 0 Å². The molecule has 0 radical (unpaired) electrons. The second kappa shape index (κ2) is 8.27. The van der Waals surface area contributed by atoms with Gasteiger partial charge >= 0.3 is 0 Å². The summed E-state index contributed by atoms with van der Waals surface area (Å²) in [5, 5.41) is 9.98. The van der Waals surface area contributed by atoms with Gasteiger partial charge in [0.1, 0.15) is 18.1 Å². The van der Waals surface area contributed by atoms with Crippen LogP contribution in [-0.4, -0.2) is 62.5 Å². The largest absolute Gasteiger partial charge is 0.508 e. The van der Waals surface area contributed by atoms with Crippen molar-refractivity contribution in [2.45, 2.75) is 38.2 Å². The molecule has 26 heavy (non-hydrogen) atoms. The lowest BCUT2D eigenvalue weighted by Gasteiger charge is -2.43. The molecule has 1 heterocycles. The molecule has 2 atom stereocenters. The van der Waals surface area contributed by atoms with Gasteiger partial charge in [0.15, 0.2) is 0 Å². The summed E-state index contributed by atoms with van der Waals surface area (Å²) in [4.78, 5) is 15.0. The van der Waals surface area contributed by atoms with Crippen LogP contribution in [0, 0.1) is 5.41 Å². The molecule has 2 fully saturated rings. The molecule has 1 N–H and O–H groups in total. The number of hydrogen-bond donors (Lipinski definition) is 1. The fourth-order valence-electron chi connectivity index (χ4n) is 4.49. The van der Waals surface area contributed by atoms with E-state index in [0.29, 0.717) is 24.5 Å². The number of carbonyl (C=O) groups excluding carboxylic acids is 1. The number of phenolic OH excluding ortho intramolecular Hbond substituents is 1. The molecule has 1 spiro atoms. The van der Waals surface area contributed by atoms with E-state index < -0.39 is 0 Å². The van der Waals surface area contributed by atoms with Crippen molar-refractivity contribution in [3.63, 3.8) is 0 Å². The monoisotopic (exact) mass is 363 g/mol. The van der Waals surface area contributed by atoms with Crippen molar-refractivity contribution in [1.82, 2.24) is 4.90 Å². The predicted octanol–water partition coefficient (Wildman–Crippen LogP) is 2.84. The van der Waals surface area contributed by atoms with E-state index in [1.807, 2.05) is 4.90 Å². The first-order valence-electron chi connectivity index (χ1n) is 9.36. The highest BCUT2D eigenvalue weighted by atomic mass is 16.5. The van der Waals surface area contributed by atoms with E-state index in [0.717, 1.165) is 45.2 Å². The standard InChI is InChI=1S/C20H29NO5/c1-24-9-10-26-17-12-15(11-16(22)13-17)19(23)21-8-4-7-20(14-21)6-3-5-18(20)25-2/h11-13,18,22H,3-10,14H2,1-2H3/t18-,20-/m1/s1. The minimum absolute atomic E-state index is 0.0330. The van der Waals surface area contributed by atoms with Crippen molar-refractivity contribution in [2.75, 3.05) is 40.5 Å². The Bertz CT molecular complexity index is 635. The lowest BCUT2D eigenvalue weighted by atomic mass is 9.76. The van der Waals surface area contributed by atoms with Crippen LogP contribution < -0.4 is 4.74 Å². The molecule has 1 aromatic carbocycles. The van der Waals surface area contributed by atoms with Crippen molar-refractivity contribution in [2.24, 2.45) is 5.41 Å². The van der Waals surface area contributed by atoms with Gasteiger partial charge < -0.3 is 24.2 Å². The third-order valence-corrected chi connectivity index (χ3v) is 5.70. The molecule has 1 aromatic rings. The van der Waals surface area contributed by atoms with Crippen LogP contribution in [0.3, 0.4) is 0 Å². The van der Waals surface area contributed by atoms with E-state index in [9.17, 15) is 9.90 Å². The van der Waals surface area contributed by atoms with Crippen molar-refractivity contribution in [3.8, 4) is 11.5 Å². The summed E-state index contributed by atoms with van der Waals surface area (Å²) in [6.45, 7) is 2.29. The van der Waals surface area contributed by atoms with Crippen molar-refractivity contribution in [3.05, 3.63) is 23.8 Å². The van der Waals surface area contributed by atoms with Crippen LogP contribution in [0.5, 0.6) is 11.5 Å². The summed E-state index contributed by atoms with van der Waals surface area (Å²) < 4.78 is 16.2. The van der Waals surface area contributed by atoms with Gasteiger partial charge in [0, 0.05) is 44.4 Å². The summed E-state index contributed by atoms with van der Waals surface area (Å²) in [7, 11) is 3.38. The Labute approximate surface area is 155 Å². The Balaban J connectivity index is 1.74. The molecule has 6 nitrogen and oxygen atoms in total. The van der Waals surface area contributed by atoms with Gasteiger partial charge in [-0.15, -0.1) is 0 Å². The number of likely N-dealkylation sites (tertiary alicyclic amines) is 1. The van der Waals surface area contributed by atoms with Gasteiger partial charge in [0.05, 0.1) is 12.7 Å². The van der Waals surface area contributed by atoms with Crippen LogP contribution in [0.25, 0.3) is 0 Å². The first-order chi connectivity index (χ1) is 12.6. The number of carbonyl (C=O) groups is 1. The molecule has 0 bridgehead atoms. The number of methoxy groups -OCH3 is 2. The Hall–Kier alpha value is -1.79. The highest BCUT2D eigenvalue weighted by Gasteiger charge is 2.46. The smallest absolute Gasteiger partial charge is 0.254 e. The molecule has 3 rings (SSSR count). The Kier molecular flexibility index (Phi) is 6.04. The van der Waals surface area contributed by atoms with Crippen molar-refractivity contribution in [1.29, 1.82) is 0 Å². The predicted molar refractivity (Wildman–Crippen MR) is 97.7 cm³/mol. The molecule has 0 unspecified atom stereocenters. The molecule has 144 valence electrons. The van der Waals surface area contributed by atoms with Gasteiger partial charge in [-0.1, -0.05) is 6.42 Å². The average molecular weight is 363 g/mol. The molecule has 1 amide bonds. The van der Waals surface area contributed by atoms with Gasteiger partial charge in [-0.25, -0.2) is 0 Å². The molecule has 0 aromatic heterocycles. The van der Waals surface area contributed by atoms with E-state index >= 15 is 0 Å². The maximum absolute atomic E-state index is 13.1. The van der Waals surface area contributed by atoms with Crippen LogP contribution in [0.4, 0.5) is 0 Å².